The molecule has 0 aromatic heterocycles. The molecule has 0 saturated carbocycles. The van der Waals surface area contributed by atoms with Crippen LogP contribution in [0.4, 0.5) is 4.79 Å². The van der Waals surface area contributed by atoms with Crippen LogP contribution in [-0.2, 0) is 19.1 Å². The van der Waals surface area contributed by atoms with E-state index in [9.17, 15) is 14.4 Å². The highest BCUT2D eigenvalue weighted by atomic mass is 16.6. The standard InChI is InChI=1S/C13H23NO6/c1-12(2,3)20-11(18)14-9(10(17)19-6)13(4,5)7-8(15)16/h9H,7H2,1-6H3,(H,14,18)(H,15,16). The Morgan fingerprint density at radius 2 is 1.65 bits per heavy atom. The Hall–Kier alpha value is -1.79. The number of alkyl carbamates (subject to hydrolysis) is 1. The van der Waals surface area contributed by atoms with E-state index in [1.807, 2.05) is 0 Å². The summed E-state index contributed by atoms with van der Waals surface area (Å²) in [6, 6.07) is -1.11. The van der Waals surface area contributed by atoms with E-state index in [1.165, 1.54) is 7.11 Å². The predicted molar refractivity (Wildman–Crippen MR) is 71.2 cm³/mol. The molecule has 0 aliphatic carbocycles. The molecule has 0 rings (SSSR count). The van der Waals surface area contributed by atoms with Crippen LogP contribution in [-0.4, -0.2) is 41.9 Å². The Morgan fingerprint density at radius 1 is 1.15 bits per heavy atom. The molecule has 0 radical (unpaired) electrons. The van der Waals surface area contributed by atoms with Crippen molar-refractivity contribution in [3.05, 3.63) is 0 Å². The van der Waals surface area contributed by atoms with Crippen molar-refractivity contribution in [1.82, 2.24) is 5.32 Å². The number of carboxylic acids is 1. The minimum Gasteiger partial charge on any atom is -0.481 e. The van der Waals surface area contributed by atoms with Crippen molar-refractivity contribution in [3.8, 4) is 0 Å². The Balaban J connectivity index is 5.04. The molecule has 0 bridgehead atoms. The molecular weight excluding hydrogens is 266 g/mol. The van der Waals surface area contributed by atoms with Gasteiger partial charge in [0.1, 0.15) is 11.6 Å². The maximum absolute atomic E-state index is 11.8. The number of esters is 1. The fourth-order valence-electron chi connectivity index (χ4n) is 1.61. The van der Waals surface area contributed by atoms with Crippen LogP contribution in [0.15, 0.2) is 0 Å². The van der Waals surface area contributed by atoms with Crippen LogP contribution in [0.5, 0.6) is 0 Å². The molecule has 1 unspecified atom stereocenters. The van der Waals surface area contributed by atoms with Gasteiger partial charge in [-0.2, -0.15) is 0 Å². The van der Waals surface area contributed by atoms with Gasteiger partial charge in [-0.15, -0.1) is 0 Å². The number of methoxy groups -OCH3 is 1. The lowest BCUT2D eigenvalue weighted by Gasteiger charge is -2.32. The van der Waals surface area contributed by atoms with Gasteiger partial charge in [-0.3, -0.25) is 4.79 Å². The summed E-state index contributed by atoms with van der Waals surface area (Å²) in [5, 5.41) is 11.2. The number of carboxylic acid groups (broad SMARTS) is 1. The maximum Gasteiger partial charge on any atom is 0.408 e. The van der Waals surface area contributed by atoms with Crippen molar-refractivity contribution in [1.29, 1.82) is 0 Å². The van der Waals surface area contributed by atoms with Gasteiger partial charge in [-0.25, -0.2) is 9.59 Å². The Bertz CT molecular complexity index is 383. The van der Waals surface area contributed by atoms with Gasteiger partial charge in [0.05, 0.1) is 13.5 Å². The summed E-state index contributed by atoms with van der Waals surface area (Å²) >= 11 is 0. The lowest BCUT2D eigenvalue weighted by molar-refractivity contribution is -0.148. The fraction of sp³-hybridized carbons (Fsp3) is 0.769. The van der Waals surface area contributed by atoms with Crippen LogP contribution in [0.1, 0.15) is 41.0 Å². The second-order valence-electron chi connectivity index (χ2n) is 6.16. The van der Waals surface area contributed by atoms with Gasteiger partial charge in [-0.05, 0) is 20.8 Å². The number of hydrogen-bond acceptors (Lipinski definition) is 5. The van der Waals surface area contributed by atoms with Gasteiger partial charge in [0.15, 0.2) is 0 Å². The third-order valence-electron chi connectivity index (χ3n) is 2.49. The molecule has 0 aliphatic heterocycles. The average Bonchev–Trinajstić information content (AvgIpc) is 2.20. The van der Waals surface area contributed by atoms with Crippen molar-refractivity contribution < 1.29 is 29.0 Å². The monoisotopic (exact) mass is 289 g/mol. The average molecular weight is 289 g/mol. The highest BCUT2D eigenvalue weighted by Crippen LogP contribution is 2.26. The third kappa shape index (κ3) is 6.40. The van der Waals surface area contributed by atoms with Crippen LogP contribution in [0.25, 0.3) is 0 Å². The zero-order chi connectivity index (χ0) is 16.1. The molecule has 7 nitrogen and oxygen atoms in total. The summed E-state index contributed by atoms with van der Waals surface area (Å²) in [6.45, 7) is 8.16. The Kier molecular flexibility index (Phi) is 5.99. The van der Waals surface area contributed by atoms with E-state index in [1.54, 1.807) is 34.6 Å². The number of ether oxygens (including phenoxy) is 2. The number of amides is 1. The second kappa shape index (κ2) is 6.58. The van der Waals surface area contributed by atoms with E-state index in [-0.39, 0.29) is 6.42 Å². The molecule has 0 heterocycles. The van der Waals surface area contributed by atoms with Crippen LogP contribution < -0.4 is 5.32 Å². The van der Waals surface area contributed by atoms with Gasteiger partial charge in [0, 0.05) is 5.41 Å². The zero-order valence-electron chi connectivity index (χ0n) is 12.8. The molecule has 7 heteroatoms. The molecule has 0 fully saturated rings. The maximum atomic E-state index is 11.8. The quantitative estimate of drug-likeness (QED) is 0.744. The van der Waals surface area contributed by atoms with Gasteiger partial charge < -0.3 is 19.9 Å². The number of hydrogen-bond donors (Lipinski definition) is 2. The number of nitrogens with one attached hydrogen (secondary N) is 1. The van der Waals surface area contributed by atoms with Crippen LogP contribution >= 0.6 is 0 Å². The first-order chi connectivity index (χ1) is 8.89. The second-order valence-corrected chi connectivity index (χ2v) is 6.16. The Labute approximate surface area is 118 Å². The summed E-state index contributed by atoms with van der Waals surface area (Å²) in [7, 11) is 1.17. The van der Waals surface area contributed by atoms with Gasteiger partial charge in [0.2, 0.25) is 0 Å². The predicted octanol–water partition coefficient (Wildman–Crippen LogP) is 1.55. The van der Waals surface area contributed by atoms with Crippen molar-refractivity contribution in [2.45, 2.75) is 52.7 Å². The molecule has 0 aliphatic rings. The smallest absolute Gasteiger partial charge is 0.408 e. The van der Waals surface area contributed by atoms with Crippen molar-refractivity contribution >= 4 is 18.0 Å². The molecule has 0 aromatic carbocycles. The topological polar surface area (TPSA) is 102 Å². The molecule has 1 amide bonds. The largest absolute Gasteiger partial charge is 0.481 e. The molecular formula is C13H23NO6. The molecule has 116 valence electrons. The van der Waals surface area contributed by atoms with E-state index in [0.29, 0.717) is 0 Å². The molecule has 20 heavy (non-hydrogen) atoms. The molecule has 0 spiro atoms. The first-order valence-corrected chi connectivity index (χ1v) is 6.18. The number of rotatable bonds is 5. The van der Waals surface area contributed by atoms with E-state index in [4.69, 9.17) is 9.84 Å². The number of aliphatic carboxylic acids is 1. The molecule has 0 aromatic rings. The summed E-state index contributed by atoms with van der Waals surface area (Å²) in [5.41, 5.74) is -1.74. The lowest BCUT2D eigenvalue weighted by atomic mass is 9.81. The van der Waals surface area contributed by atoms with Crippen LogP contribution in [0.2, 0.25) is 0 Å². The SMILES string of the molecule is COC(=O)C(NC(=O)OC(C)(C)C)C(C)(C)CC(=O)O. The van der Waals surface area contributed by atoms with E-state index < -0.39 is 35.1 Å². The van der Waals surface area contributed by atoms with Crippen molar-refractivity contribution in [3.63, 3.8) is 0 Å². The number of carbonyl (C=O) groups is 3. The van der Waals surface area contributed by atoms with E-state index >= 15 is 0 Å². The zero-order valence-corrected chi connectivity index (χ0v) is 12.8. The molecule has 1 atom stereocenters. The van der Waals surface area contributed by atoms with Gasteiger partial charge in [-0.1, -0.05) is 13.8 Å². The lowest BCUT2D eigenvalue weighted by Crippen LogP contribution is -2.52. The van der Waals surface area contributed by atoms with Gasteiger partial charge >= 0.3 is 18.0 Å². The highest BCUT2D eigenvalue weighted by Gasteiger charge is 2.39. The summed E-state index contributed by atoms with van der Waals surface area (Å²) in [5.74, 6) is -1.79. The number of carbonyl (C=O) groups excluding carboxylic acids is 2. The van der Waals surface area contributed by atoms with E-state index in [2.05, 4.69) is 10.1 Å². The normalized spacial score (nSPS) is 13.3. The van der Waals surface area contributed by atoms with Crippen molar-refractivity contribution in [2.24, 2.45) is 5.41 Å². The fourth-order valence-corrected chi connectivity index (χ4v) is 1.61. The summed E-state index contributed by atoms with van der Waals surface area (Å²) < 4.78 is 9.67. The summed E-state index contributed by atoms with van der Waals surface area (Å²) in [6.07, 6.45) is -1.10. The molecule has 0 saturated heterocycles. The Morgan fingerprint density at radius 3 is 2.00 bits per heavy atom. The van der Waals surface area contributed by atoms with E-state index in [0.717, 1.165) is 0 Å². The summed E-state index contributed by atoms with van der Waals surface area (Å²) in [4.78, 5) is 34.3. The minimum absolute atomic E-state index is 0.303. The first kappa shape index (κ1) is 18.2. The van der Waals surface area contributed by atoms with Gasteiger partial charge in [0.25, 0.3) is 0 Å². The van der Waals surface area contributed by atoms with Crippen LogP contribution in [0, 0.1) is 5.41 Å². The minimum atomic E-state index is -1.11. The van der Waals surface area contributed by atoms with Crippen LogP contribution in [0.3, 0.4) is 0 Å². The van der Waals surface area contributed by atoms with Crippen molar-refractivity contribution in [2.75, 3.05) is 7.11 Å². The highest BCUT2D eigenvalue weighted by molar-refractivity contribution is 5.83. The first-order valence-electron chi connectivity index (χ1n) is 6.18. The third-order valence-corrected chi connectivity index (χ3v) is 2.49. The molecule has 2 N–H and O–H groups in total.